The van der Waals surface area contributed by atoms with E-state index in [1.165, 1.54) is 0 Å². The predicted octanol–water partition coefficient (Wildman–Crippen LogP) is 2.46. The fourth-order valence-corrected chi connectivity index (χ4v) is 3.13. The second-order valence-corrected chi connectivity index (χ2v) is 6.29. The number of hydrogen-bond donors (Lipinski definition) is 1. The molecule has 0 heterocycles. The quantitative estimate of drug-likeness (QED) is 0.783. The molecule has 0 aromatic carbocycles. The van der Waals surface area contributed by atoms with E-state index < -0.39 is 5.97 Å². The van der Waals surface area contributed by atoms with Crippen molar-refractivity contribution in [1.82, 2.24) is 4.90 Å². The second-order valence-electron chi connectivity index (χ2n) is 6.29. The van der Waals surface area contributed by atoms with Crippen molar-refractivity contribution < 1.29 is 9.90 Å². The lowest BCUT2D eigenvalue weighted by molar-refractivity contribution is -0.141. The monoisotopic (exact) mass is 215 g/mol. The third-order valence-electron chi connectivity index (χ3n) is 2.68. The summed E-state index contributed by atoms with van der Waals surface area (Å²) in [7, 11) is 4.03. The summed E-state index contributed by atoms with van der Waals surface area (Å²) < 4.78 is 0. The maximum absolute atomic E-state index is 10.9. The average Bonchev–Trinajstić information content (AvgIpc) is 1.74. The van der Waals surface area contributed by atoms with Crippen LogP contribution in [0.2, 0.25) is 0 Å². The molecule has 0 saturated carbocycles. The second kappa shape index (κ2) is 4.52. The zero-order valence-corrected chi connectivity index (χ0v) is 11.1. The molecule has 0 spiro atoms. The van der Waals surface area contributed by atoms with Gasteiger partial charge in [0, 0.05) is 6.04 Å². The van der Waals surface area contributed by atoms with Crippen molar-refractivity contribution in [3.8, 4) is 0 Å². The number of nitrogens with zero attached hydrogens (tertiary/aromatic N) is 1. The first kappa shape index (κ1) is 14.4. The van der Waals surface area contributed by atoms with Crippen LogP contribution in [-0.2, 0) is 4.79 Å². The molecule has 3 heteroatoms. The van der Waals surface area contributed by atoms with Crippen LogP contribution in [0, 0.1) is 10.8 Å². The maximum atomic E-state index is 10.9. The van der Waals surface area contributed by atoms with Crippen molar-refractivity contribution in [2.24, 2.45) is 10.8 Å². The zero-order valence-electron chi connectivity index (χ0n) is 11.1. The normalized spacial score (nSPS) is 15.5. The van der Waals surface area contributed by atoms with Crippen molar-refractivity contribution in [3.05, 3.63) is 0 Å². The van der Waals surface area contributed by atoms with Gasteiger partial charge >= 0.3 is 5.97 Å². The van der Waals surface area contributed by atoms with E-state index in [4.69, 9.17) is 5.11 Å². The molecule has 1 N–H and O–H groups in total. The number of carboxylic acid groups (broad SMARTS) is 1. The third-order valence-corrected chi connectivity index (χ3v) is 2.68. The molecule has 1 atom stereocenters. The Hall–Kier alpha value is -0.570. The Morgan fingerprint density at radius 2 is 1.60 bits per heavy atom. The molecule has 3 nitrogen and oxygen atoms in total. The van der Waals surface area contributed by atoms with Crippen molar-refractivity contribution in [2.45, 2.75) is 47.1 Å². The molecular formula is C12H25NO2. The van der Waals surface area contributed by atoms with Crippen molar-refractivity contribution in [3.63, 3.8) is 0 Å². The van der Waals surface area contributed by atoms with Crippen LogP contribution in [0.15, 0.2) is 0 Å². The Balaban J connectivity index is 4.99. The highest BCUT2D eigenvalue weighted by molar-refractivity contribution is 5.67. The van der Waals surface area contributed by atoms with Crippen LogP contribution in [0.4, 0.5) is 0 Å². The molecule has 90 valence electrons. The molecule has 1 unspecified atom stereocenters. The highest BCUT2D eigenvalue weighted by Gasteiger charge is 2.40. The SMILES string of the molecule is CN(C)C(C(C)(C)C)C(C)(C)CC(=O)O. The van der Waals surface area contributed by atoms with Crippen LogP contribution < -0.4 is 0 Å². The van der Waals surface area contributed by atoms with E-state index in [1.54, 1.807) is 0 Å². The summed E-state index contributed by atoms with van der Waals surface area (Å²) in [6.07, 6.45) is 0.202. The van der Waals surface area contributed by atoms with E-state index >= 15 is 0 Å². The van der Waals surface area contributed by atoms with Crippen LogP contribution in [0.1, 0.15) is 41.0 Å². The molecule has 0 aliphatic rings. The zero-order chi connectivity index (χ0) is 12.4. The van der Waals surface area contributed by atoms with E-state index in [-0.39, 0.29) is 23.3 Å². The van der Waals surface area contributed by atoms with Crippen LogP contribution in [0.3, 0.4) is 0 Å². The minimum absolute atomic E-state index is 0.0719. The lowest BCUT2D eigenvalue weighted by Gasteiger charge is -2.46. The molecule has 0 aliphatic carbocycles. The summed E-state index contributed by atoms with van der Waals surface area (Å²) in [6, 6.07) is 0.237. The number of aliphatic carboxylic acids is 1. The fourth-order valence-electron chi connectivity index (χ4n) is 3.13. The molecule has 0 aliphatic heterocycles. The van der Waals surface area contributed by atoms with E-state index in [0.717, 1.165) is 0 Å². The van der Waals surface area contributed by atoms with Gasteiger partial charge in [0.1, 0.15) is 0 Å². The molecule has 0 bridgehead atoms. The number of rotatable bonds is 4. The Labute approximate surface area is 93.5 Å². The van der Waals surface area contributed by atoms with Gasteiger partial charge in [-0.3, -0.25) is 4.79 Å². The van der Waals surface area contributed by atoms with Crippen molar-refractivity contribution in [2.75, 3.05) is 14.1 Å². The molecule has 15 heavy (non-hydrogen) atoms. The smallest absolute Gasteiger partial charge is 0.303 e. The number of hydrogen-bond acceptors (Lipinski definition) is 2. The largest absolute Gasteiger partial charge is 0.481 e. The first-order valence-electron chi connectivity index (χ1n) is 5.36. The fraction of sp³-hybridized carbons (Fsp3) is 0.917. The maximum Gasteiger partial charge on any atom is 0.303 e. The average molecular weight is 215 g/mol. The highest BCUT2D eigenvalue weighted by atomic mass is 16.4. The van der Waals surface area contributed by atoms with Gasteiger partial charge in [-0.2, -0.15) is 0 Å². The molecule has 0 aromatic rings. The summed E-state index contributed by atoms with van der Waals surface area (Å²) in [5, 5.41) is 8.93. The Morgan fingerprint density at radius 1 is 1.20 bits per heavy atom. The Bertz CT molecular complexity index is 226. The predicted molar refractivity (Wildman–Crippen MR) is 63.0 cm³/mol. The summed E-state index contributed by atoms with van der Waals surface area (Å²) in [5.41, 5.74) is -0.157. The van der Waals surface area contributed by atoms with Gasteiger partial charge in [0.05, 0.1) is 6.42 Å². The summed E-state index contributed by atoms with van der Waals surface area (Å²) in [6.45, 7) is 10.5. The van der Waals surface area contributed by atoms with Gasteiger partial charge in [-0.15, -0.1) is 0 Å². The summed E-state index contributed by atoms with van der Waals surface area (Å²) in [5.74, 6) is -0.726. The first-order valence-corrected chi connectivity index (χ1v) is 5.36. The van der Waals surface area contributed by atoms with E-state index in [9.17, 15) is 4.79 Å². The van der Waals surface area contributed by atoms with Gasteiger partial charge in [-0.25, -0.2) is 0 Å². The molecule has 0 saturated heterocycles. The van der Waals surface area contributed by atoms with Crippen LogP contribution in [0.5, 0.6) is 0 Å². The van der Waals surface area contributed by atoms with Gasteiger partial charge in [0.25, 0.3) is 0 Å². The minimum Gasteiger partial charge on any atom is -0.481 e. The summed E-state index contributed by atoms with van der Waals surface area (Å²) in [4.78, 5) is 13.0. The lowest BCUT2D eigenvalue weighted by Crippen LogP contribution is -2.50. The molecule has 0 rings (SSSR count). The molecule has 0 aromatic heterocycles. The minimum atomic E-state index is -0.726. The number of carboxylic acids is 1. The molecular weight excluding hydrogens is 190 g/mol. The topological polar surface area (TPSA) is 40.5 Å². The number of carbonyl (C=O) groups is 1. The van der Waals surface area contributed by atoms with Gasteiger partial charge in [0.15, 0.2) is 0 Å². The Morgan fingerprint density at radius 3 is 1.80 bits per heavy atom. The van der Waals surface area contributed by atoms with Crippen LogP contribution >= 0.6 is 0 Å². The lowest BCUT2D eigenvalue weighted by atomic mass is 9.68. The van der Waals surface area contributed by atoms with Crippen molar-refractivity contribution in [1.29, 1.82) is 0 Å². The van der Waals surface area contributed by atoms with E-state index in [0.29, 0.717) is 0 Å². The van der Waals surface area contributed by atoms with E-state index in [1.807, 2.05) is 27.9 Å². The van der Waals surface area contributed by atoms with Gasteiger partial charge in [0.2, 0.25) is 0 Å². The van der Waals surface area contributed by atoms with E-state index in [2.05, 4.69) is 25.7 Å². The van der Waals surface area contributed by atoms with Crippen LogP contribution in [0.25, 0.3) is 0 Å². The molecule has 0 amide bonds. The summed E-state index contributed by atoms with van der Waals surface area (Å²) >= 11 is 0. The highest BCUT2D eigenvalue weighted by Crippen LogP contribution is 2.39. The van der Waals surface area contributed by atoms with Crippen LogP contribution in [-0.4, -0.2) is 36.1 Å². The first-order chi connectivity index (χ1) is 6.48. The Kier molecular flexibility index (Phi) is 4.35. The molecule has 0 radical (unpaired) electrons. The van der Waals surface area contributed by atoms with Crippen molar-refractivity contribution >= 4 is 5.97 Å². The third kappa shape index (κ3) is 4.20. The van der Waals surface area contributed by atoms with Gasteiger partial charge < -0.3 is 10.0 Å². The van der Waals surface area contributed by atoms with Gasteiger partial charge in [-0.05, 0) is 24.9 Å². The standard InChI is InChI=1S/C12H25NO2/c1-11(2,3)10(13(6)7)12(4,5)8-9(14)15/h10H,8H2,1-7H3,(H,14,15). The molecule has 0 fully saturated rings. The van der Waals surface area contributed by atoms with Gasteiger partial charge in [-0.1, -0.05) is 34.6 Å².